The first kappa shape index (κ1) is 18.5. The summed E-state index contributed by atoms with van der Waals surface area (Å²) in [7, 11) is 3.34. The van der Waals surface area contributed by atoms with Gasteiger partial charge < -0.3 is 14.4 Å². The highest BCUT2D eigenvalue weighted by Crippen LogP contribution is 2.15. The van der Waals surface area contributed by atoms with Gasteiger partial charge in [0.15, 0.2) is 12.4 Å². The Morgan fingerprint density at radius 1 is 1.04 bits per heavy atom. The van der Waals surface area contributed by atoms with Gasteiger partial charge in [-0.1, -0.05) is 19.1 Å². The van der Waals surface area contributed by atoms with Crippen molar-refractivity contribution in [3.05, 3.63) is 59.7 Å². The molecule has 0 saturated carbocycles. The second kappa shape index (κ2) is 8.87. The summed E-state index contributed by atoms with van der Waals surface area (Å²) < 4.78 is 10.7. The monoisotopic (exact) mass is 341 g/mol. The summed E-state index contributed by atoms with van der Waals surface area (Å²) in [5.41, 5.74) is 1.63. The molecule has 0 aromatic heterocycles. The van der Waals surface area contributed by atoms with Crippen LogP contribution in [0.25, 0.3) is 0 Å². The Kier molecular flexibility index (Phi) is 6.57. The maximum Gasteiger partial charge on any atom is 0.260 e. The van der Waals surface area contributed by atoms with E-state index < -0.39 is 0 Å². The summed E-state index contributed by atoms with van der Waals surface area (Å²) in [4.78, 5) is 25.4. The summed E-state index contributed by atoms with van der Waals surface area (Å²) in [6.45, 7) is 2.24. The van der Waals surface area contributed by atoms with Crippen LogP contribution in [0.2, 0.25) is 0 Å². The molecule has 25 heavy (non-hydrogen) atoms. The molecule has 0 atom stereocenters. The first-order chi connectivity index (χ1) is 12.0. The lowest BCUT2D eigenvalue weighted by Gasteiger charge is -2.18. The molecule has 132 valence electrons. The van der Waals surface area contributed by atoms with Gasteiger partial charge in [-0.25, -0.2) is 0 Å². The number of carbonyl (C=O) groups is 2. The average Bonchev–Trinajstić information content (AvgIpc) is 2.65. The number of hydrogen-bond donors (Lipinski definition) is 0. The van der Waals surface area contributed by atoms with Crippen LogP contribution < -0.4 is 9.47 Å². The zero-order valence-electron chi connectivity index (χ0n) is 14.8. The number of amides is 1. The highest BCUT2D eigenvalue weighted by Gasteiger charge is 2.11. The number of hydrogen-bond acceptors (Lipinski definition) is 4. The molecular formula is C20H23NO4. The van der Waals surface area contributed by atoms with E-state index in [1.54, 1.807) is 43.3 Å². The summed E-state index contributed by atoms with van der Waals surface area (Å²) in [6.07, 6.45) is 0.466. The minimum atomic E-state index is -0.128. The number of nitrogens with zero attached hydrogens (tertiary/aromatic N) is 1. The minimum absolute atomic E-state index is 0.0540. The third-order valence-electron chi connectivity index (χ3n) is 3.84. The summed E-state index contributed by atoms with van der Waals surface area (Å²) in [5, 5.41) is 0. The molecule has 2 aromatic rings. The Bertz CT molecular complexity index is 725. The molecule has 0 aliphatic heterocycles. The second-order valence-corrected chi connectivity index (χ2v) is 5.69. The van der Waals surface area contributed by atoms with Crippen molar-refractivity contribution < 1.29 is 19.1 Å². The molecule has 1 amide bonds. The molecule has 0 fully saturated rings. The molecule has 0 saturated heterocycles. The van der Waals surface area contributed by atoms with Crippen LogP contribution in [0, 0.1) is 0 Å². The number of rotatable bonds is 8. The molecule has 0 spiro atoms. The van der Waals surface area contributed by atoms with Crippen molar-refractivity contribution in [3.63, 3.8) is 0 Å². The summed E-state index contributed by atoms with van der Waals surface area (Å²) in [6, 6.07) is 14.4. The quantitative estimate of drug-likeness (QED) is 0.691. The fourth-order valence-electron chi connectivity index (χ4n) is 2.33. The average molecular weight is 341 g/mol. The molecule has 0 N–H and O–H groups in total. The van der Waals surface area contributed by atoms with E-state index in [9.17, 15) is 9.59 Å². The minimum Gasteiger partial charge on any atom is -0.497 e. The Hall–Kier alpha value is -2.82. The van der Waals surface area contributed by atoms with Crippen LogP contribution in [0.15, 0.2) is 48.5 Å². The normalized spacial score (nSPS) is 10.2. The standard InChI is InChI=1S/C20H23NO4/c1-4-19(22)16-8-10-17(11-9-16)25-14-20(23)21(2)13-15-6-5-7-18(12-15)24-3/h5-12H,4,13-14H2,1-3H3. The van der Waals surface area contributed by atoms with Gasteiger partial charge in [-0.05, 0) is 42.0 Å². The third kappa shape index (κ3) is 5.35. The number of Topliss-reactive ketones (excluding diaryl/α,β-unsaturated/α-hetero) is 1. The molecule has 0 unspecified atom stereocenters. The summed E-state index contributed by atoms with van der Waals surface area (Å²) in [5.74, 6) is 1.28. The molecule has 0 bridgehead atoms. The molecule has 0 heterocycles. The Morgan fingerprint density at radius 3 is 2.40 bits per heavy atom. The summed E-state index contributed by atoms with van der Waals surface area (Å²) >= 11 is 0. The van der Waals surface area contributed by atoms with Crippen molar-refractivity contribution in [2.24, 2.45) is 0 Å². The van der Waals surface area contributed by atoms with Crippen LogP contribution in [0.4, 0.5) is 0 Å². The number of ketones is 1. The highest BCUT2D eigenvalue weighted by atomic mass is 16.5. The highest BCUT2D eigenvalue weighted by molar-refractivity contribution is 5.95. The van der Waals surface area contributed by atoms with Crippen molar-refractivity contribution in [2.45, 2.75) is 19.9 Å². The van der Waals surface area contributed by atoms with Crippen LogP contribution in [0.3, 0.4) is 0 Å². The Morgan fingerprint density at radius 2 is 1.76 bits per heavy atom. The van der Waals surface area contributed by atoms with Gasteiger partial charge in [-0.3, -0.25) is 9.59 Å². The maximum atomic E-state index is 12.2. The second-order valence-electron chi connectivity index (χ2n) is 5.69. The molecule has 2 rings (SSSR count). The van der Waals surface area contributed by atoms with Gasteiger partial charge in [0.25, 0.3) is 5.91 Å². The van der Waals surface area contributed by atoms with E-state index in [1.165, 1.54) is 0 Å². The van der Waals surface area contributed by atoms with Crippen LogP contribution in [0.1, 0.15) is 29.3 Å². The van der Waals surface area contributed by atoms with E-state index >= 15 is 0 Å². The van der Waals surface area contributed by atoms with Crippen LogP contribution in [-0.4, -0.2) is 37.4 Å². The smallest absolute Gasteiger partial charge is 0.260 e. The van der Waals surface area contributed by atoms with Crippen molar-refractivity contribution in [3.8, 4) is 11.5 Å². The van der Waals surface area contributed by atoms with Gasteiger partial charge in [0.05, 0.1) is 7.11 Å². The molecular weight excluding hydrogens is 318 g/mol. The van der Waals surface area contributed by atoms with E-state index in [-0.39, 0.29) is 18.3 Å². The SMILES string of the molecule is CCC(=O)c1ccc(OCC(=O)N(C)Cc2cccc(OC)c2)cc1. The van der Waals surface area contributed by atoms with E-state index in [0.717, 1.165) is 11.3 Å². The van der Waals surface area contributed by atoms with Crippen LogP contribution in [-0.2, 0) is 11.3 Å². The largest absolute Gasteiger partial charge is 0.497 e. The van der Waals surface area contributed by atoms with Crippen molar-refractivity contribution in [1.29, 1.82) is 0 Å². The number of likely N-dealkylation sites (N-methyl/N-ethyl adjacent to an activating group) is 1. The predicted octanol–water partition coefficient (Wildman–Crippen LogP) is 3.33. The Balaban J connectivity index is 1.87. The number of ether oxygens (including phenoxy) is 2. The lowest BCUT2D eigenvalue weighted by atomic mass is 10.1. The zero-order valence-corrected chi connectivity index (χ0v) is 14.8. The van der Waals surface area contributed by atoms with Gasteiger partial charge in [0.1, 0.15) is 11.5 Å². The van der Waals surface area contributed by atoms with Crippen molar-refractivity contribution in [2.75, 3.05) is 20.8 Å². The molecule has 5 heteroatoms. The molecule has 0 radical (unpaired) electrons. The van der Waals surface area contributed by atoms with Gasteiger partial charge >= 0.3 is 0 Å². The van der Waals surface area contributed by atoms with E-state index in [1.807, 2.05) is 31.2 Å². The van der Waals surface area contributed by atoms with Crippen LogP contribution in [0.5, 0.6) is 11.5 Å². The van der Waals surface area contributed by atoms with Crippen molar-refractivity contribution >= 4 is 11.7 Å². The topological polar surface area (TPSA) is 55.8 Å². The zero-order chi connectivity index (χ0) is 18.2. The predicted molar refractivity (Wildman–Crippen MR) is 96.0 cm³/mol. The lowest BCUT2D eigenvalue weighted by Crippen LogP contribution is -2.30. The fourth-order valence-corrected chi connectivity index (χ4v) is 2.33. The van der Waals surface area contributed by atoms with Gasteiger partial charge in [-0.2, -0.15) is 0 Å². The van der Waals surface area contributed by atoms with E-state index in [0.29, 0.717) is 24.3 Å². The van der Waals surface area contributed by atoms with Gasteiger partial charge in [0, 0.05) is 25.6 Å². The number of carbonyl (C=O) groups excluding carboxylic acids is 2. The number of methoxy groups -OCH3 is 1. The molecule has 2 aromatic carbocycles. The van der Waals surface area contributed by atoms with Gasteiger partial charge in [-0.15, -0.1) is 0 Å². The van der Waals surface area contributed by atoms with Crippen LogP contribution >= 0.6 is 0 Å². The first-order valence-electron chi connectivity index (χ1n) is 8.16. The maximum absolute atomic E-state index is 12.2. The van der Waals surface area contributed by atoms with Crippen molar-refractivity contribution in [1.82, 2.24) is 4.90 Å². The van der Waals surface area contributed by atoms with E-state index in [2.05, 4.69) is 0 Å². The third-order valence-corrected chi connectivity index (χ3v) is 3.84. The molecule has 5 nitrogen and oxygen atoms in total. The first-order valence-corrected chi connectivity index (χ1v) is 8.16. The molecule has 0 aliphatic rings. The molecule has 0 aliphatic carbocycles. The fraction of sp³-hybridized carbons (Fsp3) is 0.300. The van der Waals surface area contributed by atoms with Gasteiger partial charge in [0.2, 0.25) is 0 Å². The number of benzene rings is 2. The lowest BCUT2D eigenvalue weighted by molar-refractivity contribution is -0.132. The Labute approximate surface area is 148 Å². The van der Waals surface area contributed by atoms with E-state index in [4.69, 9.17) is 9.47 Å².